The predicted molar refractivity (Wildman–Crippen MR) is 104 cm³/mol. The van der Waals surface area contributed by atoms with Crippen LogP contribution >= 0.6 is 0 Å². The minimum atomic E-state index is -0.143. The van der Waals surface area contributed by atoms with E-state index in [-0.39, 0.29) is 5.54 Å². The number of rotatable bonds is 5. The maximum Gasteiger partial charge on any atom is 0.0954 e. The molecule has 0 aromatic heterocycles. The van der Waals surface area contributed by atoms with Crippen LogP contribution in [-0.2, 0) is 19.3 Å². The summed E-state index contributed by atoms with van der Waals surface area (Å²) in [6, 6.07) is 18.1. The lowest BCUT2D eigenvalue weighted by atomic mass is 9.96. The second-order valence-corrected chi connectivity index (χ2v) is 7.13. The van der Waals surface area contributed by atoms with Crippen LogP contribution in [0, 0.1) is 0 Å². The standard InChI is InChI=1S/C22H28N2/c1-6-19-14-18(13-17-11-9-8-10-12-17)15-20(7-2)21(19)23-16-24-22(3,4)5/h8-12,14-15H,6-7,13H2,1-5H3. The number of aliphatic imine (C=N–C) groups is 2. The van der Waals surface area contributed by atoms with E-state index in [9.17, 15) is 0 Å². The molecule has 0 unspecified atom stereocenters. The summed E-state index contributed by atoms with van der Waals surface area (Å²) in [4.78, 5) is 8.94. The highest BCUT2D eigenvalue weighted by molar-refractivity contribution is 5.62. The zero-order valence-electron chi connectivity index (χ0n) is 15.6. The van der Waals surface area contributed by atoms with Gasteiger partial charge in [0, 0.05) is 0 Å². The Morgan fingerprint density at radius 2 is 1.46 bits per heavy atom. The fraction of sp³-hybridized carbons (Fsp3) is 0.409. The molecule has 0 saturated heterocycles. The van der Waals surface area contributed by atoms with Crippen molar-refractivity contribution in [2.45, 2.75) is 59.4 Å². The maximum atomic E-state index is 4.56. The van der Waals surface area contributed by atoms with E-state index in [4.69, 9.17) is 0 Å². The second kappa shape index (κ2) is 8.08. The van der Waals surface area contributed by atoms with E-state index in [1.165, 1.54) is 22.3 Å². The number of aryl methyl sites for hydroxylation is 2. The van der Waals surface area contributed by atoms with Crippen molar-refractivity contribution in [1.29, 1.82) is 0 Å². The summed E-state index contributed by atoms with van der Waals surface area (Å²) < 4.78 is 0. The molecule has 2 nitrogen and oxygen atoms in total. The highest BCUT2D eigenvalue weighted by Crippen LogP contribution is 2.28. The van der Waals surface area contributed by atoms with Gasteiger partial charge in [0.2, 0.25) is 0 Å². The fourth-order valence-corrected chi connectivity index (χ4v) is 2.67. The van der Waals surface area contributed by atoms with Crippen molar-refractivity contribution >= 4 is 11.7 Å². The van der Waals surface area contributed by atoms with Crippen molar-refractivity contribution in [3.8, 4) is 0 Å². The Kier molecular flexibility index (Phi) is 6.11. The normalized spacial score (nSPS) is 11.0. The number of hydrogen-bond donors (Lipinski definition) is 0. The number of benzene rings is 2. The maximum absolute atomic E-state index is 4.56. The molecular weight excluding hydrogens is 292 g/mol. The zero-order valence-corrected chi connectivity index (χ0v) is 15.6. The molecule has 2 heteroatoms. The third-order valence-electron chi connectivity index (χ3n) is 3.89. The predicted octanol–water partition coefficient (Wildman–Crippen LogP) is 6.01. The van der Waals surface area contributed by atoms with E-state index in [2.05, 4.69) is 93.1 Å². The SMILES string of the molecule is CCc1cc(Cc2ccccc2)cc(CC)c1N=C=NC(C)(C)C. The van der Waals surface area contributed by atoms with Gasteiger partial charge in [-0.3, -0.25) is 0 Å². The molecule has 0 bridgehead atoms. The summed E-state index contributed by atoms with van der Waals surface area (Å²) in [5.41, 5.74) is 6.14. The van der Waals surface area contributed by atoms with E-state index >= 15 is 0 Å². The summed E-state index contributed by atoms with van der Waals surface area (Å²) in [5, 5.41) is 0. The Labute approximate surface area is 146 Å². The van der Waals surface area contributed by atoms with Crippen molar-refractivity contribution in [3.05, 3.63) is 64.7 Å². The third-order valence-corrected chi connectivity index (χ3v) is 3.89. The van der Waals surface area contributed by atoms with Crippen molar-refractivity contribution in [2.75, 3.05) is 0 Å². The van der Waals surface area contributed by atoms with E-state index < -0.39 is 0 Å². The molecule has 2 aromatic carbocycles. The van der Waals surface area contributed by atoms with Crippen LogP contribution in [0.25, 0.3) is 0 Å². The van der Waals surface area contributed by atoms with Gasteiger partial charge in [-0.25, -0.2) is 4.99 Å². The third kappa shape index (κ3) is 5.18. The van der Waals surface area contributed by atoms with Crippen LogP contribution in [0.15, 0.2) is 52.4 Å². The molecule has 0 saturated carbocycles. The van der Waals surface area contributed by atoms with Crippen LogP contribution in [0.4, 0.5) is 5.69 Å². The zero-order chi connectivity index (χ0) is 17.6. The van der Waals surface area contributed by atoms with Crippen LogP contribution in [0.5, 0.6) is 0 Å². The first-order chi connectivity index (χ1) is 11.4. The van der Waals surface area contributed by atoms with Gasteiger partial charge in [-0.05, 0) is 62.3 Å². The molecule has 24 heavy (non-hydrogen) atoms. The van der Waals surface area contributed by atoms with Crippen LogP contribution < -0.4 is 0 Å². The molecule has 0 aliphatic heterocycles. The van der Waals surface area contributed by atoms with Gasteiger partial charge in [0.05, 0.1) is 17.2 Å². The van der Waals surface area contributed by atoms with Gasteiger partial charge < -0.3 is 0 Å². The highest BCUT2D eigenvalue weighted by atomic mass is 14.9. The van der Waals surface area contributed by atoms with Gasteiger partial charge in [-0.15, -0.1) is 0 Å². The Hall–Kier alpha value is -2.18. The average molecular weight is 320 g/mol. The lowest BCUT2D eigenvalue weighted by molar-refractivity contribution is 0.587. The van der Waals surface area contributed by atoms with Crippen molar-refractivity contribution in [1.82, 2.24) is 0 Å². The molecule has 0 aliphatic carbocycles. The van der Waals surface area contributed by atoms with E-state index in [1.807, 2.05) is 0 Å². The van der Waals surface area contributed by atoms with Crippen molar-refractivity contribution in [3.63, 3.8) is 0 Å². The average Bonchev–Trinajstić information content (AvgIpc) is 2.55. The van der Waals surface area contributed by atoms with Gasteiger partial charge in [0.15, 0.2) is 0 Å². The summed E-state index contributed by atoms with van der Waals surface area (Å²) in [6.45, 7) is 10.5. The minimum Gasteiger partial charge on any atom is -0.219 e. The second-order valence-electron chi connectivity index (χ2n) is 7.13. The first kappa shape index (κ1) is 18.2. The van der Waals surface area contributed by atoms with Crippen molar-refractivity contribution in [2.24, 2.45) is 9.98 Å². The summed E-state index contributed by atoms with van der Waals surface area (Å²) in [6.07, 6.45) is 2.89. The molecule has 0 atom stereocenters. The smallest absolute Gasteiger partial charge is 0.0954 e. The quantitative estimate of drug-likeness (QED) is 0.603. The van der Waals surface area contributed by atoms with Gasteiger partial charge >= 0.3 is 0 Å². The van der Waals surface area contributed by atoms with E-state index in [0.29, 0.717) is 0 Å². The molecule has 0 heterocycles. The van der Waals surface area contributed by atoms with E-state index in [1.54, 1.807) is 0 Å². The topological polar surface area (TPSA) is 24.7 Å². The minimum absolute atomic E-state index is 0.143. The van der Waals surface area contributed by atoms with E-state index in [0.717, 1.165) is 24.9 Å². The van der Waals surface area contributed by atoms with Gasteiger partial charge in [-0.2, -0.15) is 4.99 Å². The summed E-state index contributed by atoms with van der Waals surface area (Å²) in [5.74, 6) is 0. The van der Waals surface area contributed by atoms with Gasteiger partial charge in [-0.1, -0.05) is 56.3 Å². The highest BCUT2D eigenvalue weighted by Gasteiger charge is 2.09. The Morgan fingerprint density at radius 3 is 1.96 bits per heavy atom. The molecular formula is C22H28N2. The van der Waals surface area contributed by atoms with Crippen LogP contribution in [0.2, 0.25) is 0 Å². The van der Waals surface area contributed by atoms with Crippen molar-refractivity contribution < 1.29 is 0 Å². The Bertz CT molecular complexity index is 705. The fourth-order valence-electron chi connectivity index (χ4n) is 2.67. The molecule has 0 aliphatic rings. The lowest BCUT2D eigenvalue weighted by Crippen LogP contribution is -2.08. The Morgan fingerprint density at radius 1 is 0.875 bits per heavy atom. The van der Waals surface area contributed by atoms with Crippen LogP contribution in [0.3, 0.4) is 0 Å². The van der Waals surface area contributed by atoms with Gasteiger partial charge in [0.25, 0.3) is 0 Å². The lowest BCUT2D eigenvalue weighted by Gasteiger charge is -2.12. The first-order valence-corrected chi connectivity index (χ1v) is 8.79. The first-order valence-electron chi connectivity index (χ1n) is 8.79. The van der Waals surface area contributed by atoms with Gasteiger partial charge in [0.1, 0.15) is 0 Å². The monoisotopic (exact) mass is 320 g/mol. The molecule has 0 spiro atoms. The summed E-state index contributed by atoms with van der Waals surface area (Å²) >= 11 is 0. The number of hydrogen-bond acceptors (Lipinski definition) is 2. The molecule has 0 N–H and O–H groups in total. The molecule has 126 valence electrons. The van der Waals surface area contributed by atoms with Crippen LogP contribution in [0.1, 0.15) is 56.9 Å². The van der Waals surface area contributed by atoms with Crippen LogP contribution in [-0.4, -0.2) is 11.5 Å². The number of nitrogens with zero attached hydrogens (tertiary/aromatic N) is 2. The molecule has 0 radical (unpaired) electrons. The Balaban J connectivity index is 2.40. The molecule has 2 aromatic rings. The largest absolute Gasteiger partial charge is 0.219 e. The molecule has 0 fully saturated rings. The molecule has 2 rings (SSSR count). The molecule has 0 amide bonds. The summed E-state index contributed by atoms with van der Waals surface area (Å²) in [7, 11) is 0.